The Balaban J connectivity index is 2.06. The van der Waals surface area contributed by atoms with Gasteiger partial charge in [-0.15, -0.1) is 4.09 Å². The fourth-order valence-corrected chi connectivity index (χ4v) is 3.89. The van der Waals surface area contributed by atoms with Crippen LogP contribution in [0.25, 0.3) is 11.3 Å². The maximum absolute atomic E-state index is 12.8. The first kappa shape index (κ1) is 18.3. The van der Waals surface area contributed by atoms with E-state index < -0.39 is 10.0 Å². The van der Waals surface area contributed by atoms with Crippen molar-refractivity contribution in [1.29, 1.82) is 0 Å². The lowest BCUT2D eigenvalue weighted by atomic mass is 10.1. The van der Waals surface area contributed by atoms with Crippen LogP contribution in [0.5, 0.6) is 11.5 Å². The summed E-state index contributed by atoms with van der Waals surface area (Å²) < 4.78 is 37.7. The van der Waals surface area contributed by atoms with Crippen molar-refractivity contribution in [2.75, 3.05) is 20.0 Å². The van der Waals surface area contributed by atoms with Gasteiger partial charge in [0.1, 0.15) is 5.82 Å². The topological polar surface area (TPSA) is 96.4 Å². The van der Waals surface area contributed by atoms with E-state index in [2.05, 4.69) is 21.0 Å². The Morgan fingerprint density at radius 3 is 2.27 bits per heavy atom. The molecule has 2 aromatic carbocycles. The summed E-state index contributed by atoms with van der Waals surface area (Å²) in [5.41, 5.74) is 6.97. The number of rotatable bonds is 5. The molecular weight excluding hydrogens is 422 g/mol. The van der Waals surface area contributed by atoms with Gasteiger partial charge in [0.2, 0.25) is 0 Å². The fraction of sp³-hybridized carbons (Fsp3) is 0.118. The molecule has 136 valence electrons. The molecule has 0 amide bonds. The van der Waals surface area contributed by atoms with Crippen molar-refractivity contribution in [1.82, 2.24) is 9.19 Å². The summed E-state index contributed by atoms with van der Waals surface area (Å²) in [6, 6.07) is 12.9. The highest BCUT2D eigenvalue weighted by atomic mass is 79.9. The fourth-order valence-electron chi connectivity index (χ4n) is 2.42. The van der Waals surface area contributed by atoms with E-state index in [4.69, 9.17) is 15.2 Å². The number of anilines is 1. The number of halogens is 1. The Labute approximate surface area is 159 Å². The van der Waals surface area contributed by atoms with Gasteiger partial charge in [0, 0.05) is 16.1 Å². The zero-order valence-electron chi connectivity index (χ0n) is 14.0. The van der Waals surface area contributed by atoms with Crippen LogP contribution in [0.1, 0.15) is 0 Å². The number of methoxy groups -OCH3 is 2. The van der Waals surface area contributed by atoms with Crippen LogP contribution in [-0.2, 0) is 10.0 Å². The Morgan fingerprint density at radius 2 is 1.65 bits per heavy atom. The largest absolute Gasteiger partial charge is 0.493 e. The average Bonchev–Trinajstić information content (AvgIpc) is 3.04. The van der Waals surface area contributed by atoms with E-state index in [0.717, 1.165) is 8.56 Å². The van der Waals surface area contributed by atoms with Crippen molar-refractivity contribution >= 4 is 31.8 Å². The van der Waals surface area contributed by atoms with Gasteiger partial charge in [-0.1, -0.05) is 15.9 Å². The lowest BCUT2D eigenvalue weighted by molar-refractivity contribution is 0.355. The van der Waals surface area contributed by atoms with Crippen LogP contribution in [0.3, 0.4) is 0 Å². The maximum atomic E-state index is 12.8. The second-order valence-corrected chi connectivity index (χ2v) is 8.01. The number of hydrogen-bond donors (Lipinski definition) is 1. The summed E-state index contributed by atoms with van der Waals surface area (Å²) in [7, 11) is -0.841. The van der Waals surface area contributed by atoms with E-state index in [1.54, 1.807) is 30.3 Å². The third-order valence-electron chi connectivity index (χ3n) is 3.72. The molecule has 0 aliphatic carbocycles. The SMILES string of the molecule is COc1ccc(-c2cc(N)n(S(=O)(=O)c3ccc(Br)cc3)n2)cc1OC. The van der Waals surface area contributed by atoms with E-state index in [9.17, 15) is 8.42 Å². The van der Waals surface area contributed by atoms with Crippen LogP contribution in [0.15, 0.2) is 57.9 Å². The Morgan fingerprint density at radius 1 is 1.00 bits per heavy atom. The number of benzene rings is 2. The Bertz CT molecular complexity index is 1050. The summed E-state index contributed by atoms with van der Waals surface area (Å²) in [5, 5.41) is 4.18. The second-order valence-electron chi connectivity index (χ2n) is 5.33. The minimum Gasteiger partial charge on any atom is -0.493 e. The minimum atomic E-state index is -3.90. The van der Waals surface area contributed by atoms with Gasteiger partial charge in [0.15, 0.2) is 11.5 Å². The molecule has 0 saturated carbocycles. The third-order valence-corrected chi connectivity index (χ3v) is 5.87. The molecule has 0 radical (unpaired) electrons. The van der Waals surface area contributed by atoms with Gasteiger partial charge in [-0.2, -0.15) is 13.5 Å². The van der Waals surface area contributed by atoms with Crippen LogP contribution < -0.4 is 15.2 Å². The average molecular weight is 438 g/mol. The van der Waals surface area contributed by atoms with Gasteiger partial charge in [0.25, 0.3) is 10.0 Å². The first-order valence-electron chi connectivity index (χ1n) is 7.46. The van der Waals surface area contributed by atoms with Gasteiger partial charge in [-0.05, 0) is 42.5 Å². The number of ether oxygens (including phenoxy) is 2. The summed E-state index contributed by atoms with van der Waals surface area (Å²) >= 11 is 3.28. The van der Waals surface area contributed by atoms with Gasteiger partial charge in [0.05, 0.1) is 24.8 Å². The van der Waals surface area contributed by atoms with Crippen molar-refractivity contribution in [2.24, 2.45) is 0 Å². The normalized spacial score (nSPS) is 11.3. The lowest BCUT2D eigenvalue weighted by Gasteiger charge is -2.08. The minimum absolute atomic E-state index is 0.0118. The van der Waals surface area contributed by atoms with E-state index in [1.807, 2.05) is 0 Å². The molecule has 0 bridgehead atoms. The van der Waals surface area contributed by atoms with Crippen molar-refractivity contribution in [2.45, 2.75) is 4.90 Å². The zero-order chi connectivity index (χ0) is 18.9. The van der Waals surface area contributed by atoms with Crippen molar-refractivity contribution < 1.29 is 17.9 Å². The van der Waals surface area contributed by atoms with Crippen LogP contribution >= 0.6 is 15.9 Å². The van der Waals surface area contributed by atoms with E-state index in [1.165, 1.54) is 32.4 Å². The first-order chi connectivity index (χ1) is 12.4. The Hall–Kier alpha value is -2.52. The van der Waals surface area contributed by atoms with Crippen LogP contribution in [0.4, 0.5) is 5.82 Å². The molecule has 9 heteroatoms. The molecule has 0 unspecified atom stereocenters. The maximum Gasteiger partial charge on any atom is 0.284 e. The van der Waals surface area contributed by atoms with E-state index in [0.29, 0.717) is 22.8 Å². The summed E-state index contributed by atoms with van der Waals surface area (Å²) in [6.07, 6.45) is 0. The summed E-state index contributed by atoms with van der Waals surface area (Å²) in [4.78, 5) is 0.0920. The quantitative estimate of drug-likeness (QED) is 0.658. The molecule has 1 aromatic heterocycles. The van der Waals surface area contributed by atoms with E-state index in [-0.39, 0.29) is 10.7 Å². The smallest absolute Gasteiger partial charge is 0.284 e. The molecule has 0 spiro atoms. The molecule has 3 aromatic rings. The number of nitrogens with two attached hydrogens (primary N) is 1. The van der Waals surface area contributed by atoms with Crippen molar-refractivity contribution in [3.05, 3.63) is 53.0 Å². The number of nitrogens with zero attached hydrogens (tertiary/aromatic N) is 2. The van der Waals surface area contributed by atoms with Gasteiger partial charge in [-0.25, -0.2) is 0 Å². The predicted octanol–water partition coefficient (Wildman–Crippen LogP) is 3.15. The molecule has 0 aliphatic heterocycles. The number of nitrogen functional groups attached to an aromatic ring is 1. The summed E-state index contributed by atoms with van der Waals surface area (Å²) in [6.45, 7) is 0. The van der Waals surface area contributed by atoms with E-state index >= 15 is 0 Å². The van der Waals surface area contributed by atoms with Crippen LogP contribution in [0.2, 0.25) is 0 Å². The highest BCUT2D eigenvalue weighted by molar-refractivity contribution is 9.10. The highest BCUT2D eigenvalue weighted by Gasteiger charge is 2.22. The molecule has 0 aliphatic rings. The monoisotopic (exact) mass is 437 g/mol. The third kappa shape index (κ3) is 3.27. The van der Waals surface area contributed by atoms with Crippen LogP contribution in [-0.4, -0.2) is 31.8 Å². The summed E-state index contributed by atoms with van der Waals surface area (Å²) in [5.74, 6) is 1.08. The first-order valence-corrected chi connectivity index (χ1v) is 9.69. The standard InChI is InChI=1S/C17H16BrN3O4S/c1-24-15-8-3-11(9-16(15)25-2)14-10-17(19)21(20-14)26(22,23)13-6-4-12(18)5-7-13/h3-10H,19H2,1-2H3. The van der Waals surface area contributed by atoms with Crippen LogP contribution in [0, 0.1) is 0 Å². The van der Waals surface area contributed by atoms with Crippen molar-refractivity contribution in [3.8, 4) is 22.8 Å². The molecule has 1 heterocycles. The van der Waals surface area contributed by atoms with Gasteiger partial charge in [-0.3, -0.25) is 0 Å². The molecule has 2 N–H and O–H groups in total. The molecule has 0 fully saturated rings. The zero-order valence-corrected chi connectivity index (χ0v) is 16.4. The number of aromatic nitrogens is 2. The second kappa shape index (κ2) is 7.00. The number of hydrogen-bond acceptors (Lipinski definition) is 6. The predicted molar refractivity (Wildman–Crippen MR) is 102 cm³/mol. The molecule has 3 rings (SSSR count). The Kier molecular flexibility index (Phi) is 4.92. The van der Waals surface area contributed by atoms with Gasteiger partial charge >= 0.3 is 0 Å². The molecule has 26 heavy (non-hydrogen) atoms. The van der Waals surface area contributed by atoms with Crippen molar-refractivity contribution in [3.63, 3.8) is 0 Å². The molecule has 0 atom stereocenters. The molecular formula is C17H16BrN3O4S. The lowest BCUT2D eigenvalue weighted by Crippen LogP contribution is -2.16. The van der Waals surface area contributed by atoms with Gasteiger partial charge < -0.3 is 15.2 Å². The molecule has 7 nitrogen and oxygen atoms in total. The highest BCUT2D eigenvalue weighted by Crippen LogP contribution is 2.33. The molecule has 0 saturated heterocycles.